The Morgan fingerprint density at radius 1 is 1.00 bits per heavy atom. The minimum atomic E-state index is -0.554. The largest absolute Gasteiger partial charge is 0.456 e. The molecule has 2 aromatic carbocycles. The van der Waals surface area contributed by atoms with Gasteiger partial charge in [0, 0.05) is 20.1 Å². The number of carbonyl (C=O) groups is 3. The fourth-order valence-corrected chi connectivity index (χ4v) is 2.79. The van der Waals surface area contributed by atoms with Crippen LogP contribution in [0.4, 0.5) is 0 Å². The zero-order chi connectivity index (χ0) is 21.2. The zero-order valence-electron chi connectivity index (χ0n) is 16.0. The molecule has 0 bridgehead atoms. The summed E-state index contributed by atoms with van der Waals surface area (Å²) in [7, 11) is 1.60. The van der Waals surface area contributed by atoms with Gasteiger partial charge in [0.15, 0.2) is 6.61 Å². The maximum absolute atomic E-state index is 12.1. The number of hydrogen-bond acceptors (Lipinski definition) is 4. The number of nitrogens with one attached hydrogen (secondary N) is 1. The van der Waals surface area contributed by atoms with Gasteiger partial charge in [0.1, 0.15) is 0 Å². The summed E-state index contributed by atoms with van der Waals surface area (Å²) in [5.74, 6) is -1.08. The average molecular weight is 437 g/mol. The van der Waals surface area contributed by atoms with Gasteiger partial charge in [0.2, 0.25) is 5.91 Å². The second kappa shape index (κ2) is 11.4. The molecule has 2 aromatic rings. The molecular weight excluding hydrogens is 415 g/mol. The van der Waals surface area contributed by atoms with Crippen molar-refractivity contribution in [1.82, 2.24) is 10.2 Å². The minimum Gasteiger partial charge on any atom is -0.456 e. The lowest BCUT2D eigenvalue weighted by molar-refractivity contribution is -0.151. The Morgan fingerprint density at radius 2 is 1.72 bits per heavy atom. The lowest BCUT2D eigenvalue weighted by Crippen LogP contribution is -2.32. The molecule has 0 aliphatic carbocycles. The normalized spacial score (nSPS) is 10.3. The average Bonchev–Trinajstić information content (AvgIpc) is 2.69. The Labute approximate surface area is 179 Å². The Balaban J connectivity index is 1.65. The van der Waals surface area contributed by atoms with Crippen LogP contribution in [-0.2, 0) is 32.1 Å². The summed E-state index contributed by atoms with van der Waals surface area (Å²) in [4.78, 5) is 37.1. The van der Waals surface area contributed by atoms with Crippen LogP contribution in [0.3, 0.4) is 0 Å². The number of hydrogen-bond donors (Lipinski definition) is 1. The van der Waals surface area contributed by atoms with Crippen LogP contribution in [-0.4, -0.2) is 42.9 Å². The molecule has 0 radical (unpaired) electrons. The van der Waals surface area contributed by atoms with E-state index in [1.165, 1.54) is 4.90 Å². The number of halogens is 2. The van der Waals surface area contributed by atoms with E-state index in [0.717, 1.165) is 11.1 Å². The predicted octanol–water partition coefficient (Wildman–Crippen LogP) is 3.24. The molecule has 0 aromatic heterocycles. The zero-order valence-corrected chi connectivity index (χ0v) is 17.5. The molecule has 2 amide bonds. The van der Waals surface area contributed by atoms with Crippen molar-refractivity contribution in [3.05, 3.63) is 69.7 Å². The van der Waals surface area contributed by atoms with Crippen LogP contribution in [0, 0.1) is 0 Å². The predicted molar refractivity (Wildman–Crippen MR) is 112 cm³/mol. The van der Waals surface area contributed by atoms with Gasteiger partial charge >= 0.3 is 5.97 Å². The van der Waals surface area contributed by atoms with Crippen molar-refractivity contribution < 1.29 is 19.1 Å². The van der Waals surface area contributed by atoms with E-state index in [2.05, 4.69) is 5.32 Å². The monoisotopic (exact) mass is 436 g/mol. The number of benzene rings is 2. The van der Waals surface area contributed by atoms with Crippen molar-refractivity contribution in [3.63, 3.8) is 0 Å². The van der Waals surface area contributed by atoms with Crippen LogP contribution < -0.4 is 5.32 Å². The molecule has 8 heteroatoms. The van der Waals surface area contributed by atoms with Gasteiger partial charge in [-0.2, -0.15) is 0 Å². The van der Waals surface area contributed by atoms with E-state index in [9.17, 15) is 14.4 Å². The van der Waals surface area contributed by atoms with Gasteiger partial charge in [0.25, 0.3) is 5.91 Å². The van der Waals surface area contributed by atoms with Crippen LogP contribution in [0.15, 0.2) is 48.5 Å². The SMILES string of the molecule is CN(Cc1ccc(Cl)c(Cl)c1)C(=O)COC(=O)CCNC(=O)Cc1ccccc1. The van der Waals surface area contributed by atoms with Gasteiger partial charge in [-0.05, 0) is 23.3 Å². The molecule has 29 heavy (non-hydrogen) atoms. The Morgan fingerprint density at radius 3 is 2.41 bits per heavy atom. The molecule has 6 nitrogen and oxygen atoms in total. The third-order valence-electron chi connectivity index (χ3n) is 4.04. The fourth-order valence-electron chi connectivity index (χ4n) is 2.47. The van der Waals surface area contributed by atoms with E-state index in [1.54, 1.807) is 25.2 Å². The van der Waals surface area contributed by atoms with E-state index in [4.69, 9.17) is 27.9 Å². The van der Waals surface area contributed by atoms with Crippen LogP contribution >= 0.6 is 23.2 Å². The second-order valence-corrected chi connectivity index (χ2v) is 7.24. The van der Waals surface area contributed by atoms with Crippen molar-refractivity contribution in [2.24, 2.45) is 0 Å². The summed E-state index contributed by atoms with van der Waals surface area (Å²) >= 11 is 11.8. The maximum atomic E-state index is 12.1. The van der Waals surface area contributed by atoms with E-state index < -0.39 is 5.97 Å². The Kier molecular flexibility index (Phi) is 8.96. The number of esters is 1. The molecule has 1 N–H and O–H groups in total. The highest BCUT2D eigenvalue weighted by Gasteiger charge is 2.13. The van der Waals surface area contributed by atoms with Crippen LogP contribution in [0.1, 0.15) is 17.5 Å². The molecule has 154 valence electrons. The summed E-state index contributed by atoms with van der Waals surface area (Å²) in [6.07, 6.45) is 0.234. The molecule has 0 aliphatic heterocycles. The highest BCUT2D eigenvalue weighted by Crippen LogP contribution is 2.23. The molecule has 0 spiro atoms. The van der Waals surface area contributed by atoms with Gasteiger partial charge < -0.3 is 15.0 Å². The molecule has 0 fully saturated rings. The van der Waals surface area contributed by atoms with E-state index >= 15 is 0 Å². The van der Waals surface area contributed by atoms with Crippen molar-refractivity contribution >= 4 is 41.0 Å². The summed E-state index contributed by atoms with van der Waals surface area (Å²) in [5.41, 5.74) is 1.70. The lowest BCUT2D eigenvalue weighted by atomic mass is 10.1. The van der Waals surface area contributed by atoms with Crippen molar-refractivity contribution in [2.75, 3.05) is 20.2 Å². The smallest absolute Gasteiger partial charge is 0.308 e. The molecule has 0 saturated heterocycles. The van der Waals surface area contributed by atoms with Crippen LogP contribution in [0.2, 0.25) is 10.0 Å². The number of likely N-dealkylation sites (N-methyl/N-ethyl adjacent to an activating group) is 1. The highest BCUT2D eigenvalue weighted by molar-refractivity contribution is 6.42. The molecular formula is C21H22Cl2N2O4. The third-order valence-corrected chi connectivity index (χ3v) is 4.78. The first kappa shape index (κ1) is 22.7. The topological polar surface area (TPSA) is 75.7 Å². The highest BCUT2D eigenvalue weighted by atomic mass is 35.5. The Hall–Kier alpha value is -2.57. The van der Waals surface area contributed by atoms with Crippen molar-refractivity contribution in [2.45, 2.75) is 19.4 Å². The van der Waals surface area contributed by atoms with E-state index in [0.29, 0.717) is 16.6 Å². The lowest BCUT2D eigenvalue weighted by Gasteiger charge is -2.17. The molecule has 0 heterocycles. The molecule has 0 unspecified atom stereocenters. The van der Waals surface area contributed by atoms with Gasteiger partial charge in [-0.1, -0.05) is 59.6 Å². The first-order valence-corrected chi connectivity index (χ1v) is 9.75. The standard InChI is InChI=1S/C21H22Cl2N2O4/c1-25(13-16-7-8-17(22)18(23)11-16)20(27)14-29-21(28)9-10-24-19(26)12-15-5-3-2-4-6-15/h2-8,11H,9-10,12-14H2,1H3,(H,24,26). The molecule has 0 aliphatic rings. The number of carbonyl (C=O) groups excluding carboxylic acids is 3. The van der Waals surface area contributed by atoms with Gasteiger partial charge in [0.05, 0.1) is 22.9 Å². The summed E-state index contributed by atoms with van der Waals surface area (Å²) in [6.45, 7) is 0.0925. The van der Waals surface area contributed by atoms with Crippen molar-refractivity contribution in [1.29, 1.82) is 0 Å². The van der Waals surface area contributed by atoms with E-state index in [1.807, 2.05) is 30.3 Å². The first-order valence-electron chi connectivity index (χ1n) is 8.99. The van der Waals surface area contributed by atoms with Gasteiger partial charge in [-0.15, -0.1) is 0 Å². The van der Waals surface area contributed by atoms with Gasteiger partial charge in [-0.25, -0.2) is 0 Å². The Bertz CT molecular complexity index is 859. The van der Waals surface area contributed by atoms with Crippen LogP contribution in [0.25, 0.3) is 0 Å². The fraction of sp³-hybridized carbons (Fsp3) is 0.286. The molecule has 0 saturated carbocycles. The maximum Gasteiger partial charge on any atom is 0.308 e. The van der Waals surface area contributed by atoms with Crippen molar-refractivity contribution in [3.8, 4) is 0 Å². The van der Waals surface area contributed by atoms with E-state index in [-0.39, 0.29) is 37.8 Å². The minimum absolute atomic E-state index is 0.00961. The first-order chi connectivity index (χ1) is 13.8. The number of ether oxygens (including phenoxy) is 1. The quantitative estimate of drug-likeness (QED) is 0.612. The molecule has 2 rings (SSSR count). The summed E-state index contributed by atoms with van der Waals surface area (Å²) < 4.78 is 4.98. The summed E-state index contributed by atoms with van der Waals surface area (Å²) in [6, 6.07) is 14.4. The number of nitrogens with zero attached hydrogens (tertiary/aromatic N) is 1. The van der Waals surface area contributed by atoms with Crippen LogP contribution in [0.5, 0.6) is 0 Å². The number of rotatable bonds is 9. The second-order valence-electron chi connectivity index (χ2n) is 6.42. The third kappa shape index (κ3) is 8.13. The summed E-state index contributed by atoms with van der Waals surface area (Å²) in [5, 5.41) is 3.50. The number of amides is 2. The molecule has 0 atom stereocenters. The van der Waals surface area contributed by atoms with Gasteiger partial charge in [-0.3, -0.25) is 14.4 Å².